The molecule has 1 aliphatic heterocycles. The third-order valence-corrected chi connectivity index (χ3v) is 4.11. The van der Waals surface area contributed by atoms with E-state index < -0.39 is 0 Å². The van der Waals surface area contributed by atoms with Crippen molar-refractivity contribution in [2.45, 2.75) is 46.0 Å². The van der Waals surface area contributed by atoms with Crippen molar-refractivity contribution in [3.8, 4) is 0 Å². The van der Waals surface area contributed by atoms with E-state index in [0.717, 1.165) is 6.54 Å². The summed E-state index contributed by atoms with van der Waals surface area (Å²) < 4.78 is 0. The van der Waals surface area contributed by atoms with Crippen LogP contribution in [-0.4, -0.2) is 6.54 Å². The molecule has 1 atom stereocenters. The Morgan fingerprint density at radius 3 is 2.75 bits per heavy atom. The van der Waals surface area contributed by atoms with Crippen molar-refractivity contribution in [2.75, 3.05) is 11.9 Å². The number of nitrogens with one attached hydrogen (secondary N) is 1. The average Bonchev–Trinajstić information content (AvgIpc) is 2.59. The maximum absolute atomic E-state index is 3.58. The standard InChI is InChI=1S/C15H23N/c1-5-8-15(11(2)3)10-16-14-7-6-12(4)9-13(14)15/h6-7,9,11,16H,5,8,10H2,1-4H3. The van der Waals surface area contributed by atoms with Crippen LogP contribution >= 0.6 is 0 Å². The summed E-state index contributed by atoms with van der Waals surface area (Å²) in [5.74, 6) is 0.697. The summed E-state index contributed by atoms with van der Waals surface area (Å²) in [6, 6.07) is 6.82. The van der Waals surface area contributed by atoms with Crippen molar-refractivity contribution in [3.63, 3.8) is 0 Å². The fourth-order valence-corrected chi connectivity index (χ4v) is 3.05. The third-order valence-electron chi connectivity index (χ3n) is 4.11. The molecule has 2 rings (SSSR count). The van der Waals surface area contributed by atoms with E-state index in [1.165, 1.54) is 24.1 Å². The molecule has 0 amide bonds. The Balaban J connectivity index is 2.49. The van der Waals surface area contributed by atoms with Crippen LogP contribution < -0.4 is 5.32 Å². The lowest BCUT2D eigenvalue weighted by atomic mass is 9.70. The van der Waals surface area contributed by atoms with E-state index in [-0.39, 0.29) is 0 Å². The Morgan fingerprint density at radius 1 is 1.38 bits per heavy atom. The van der Waals surface area contributed by atoms with Gasteiger partial charge in [-0.2, -0.15) is 0 Å². The van der Waals surface area contributed by atoms with Gasteiger partial charge in [0, 0.05) is 17.6 Å². The van der Waals surface area contributed by atoms with Crippen molar-refractivity contribution >= 4 is 5.69 Å². The van der Waals surface area contributed by atoms with Gasteiger partial charge in [-0.15, -0.1) is 0 Å². The highest BCUT2D eigenvalue weighted by Gasteiger charge is 2.40. The van der Waals surface area contributed by atoms with Gasteiger partial charge in [0.05, 0.1) is 0 Å². The van der Waals surface area contributed by atoms with Gasteiger partial charge >= 0.3 is 0 Å². The minimum atomic E-state index is 0.357. The molecule has 0 aliphatic carbocycles. The van der Waals surface area contributed by atoms with Crippen LogP contribution in [0.5, 0.6) is 0 Å². The van der Waals surface area contributed by atoms with Gasteiger partial charge in [0.25, 0.3) is 0 Å². The summed E-state index contributed by atoms with van der Waals surface area (Å²) in [5, 5.41) is 3.58. The predicted octanol–water partition coefficient (Wildman–Crippen LogP) is 4.11. The summed E-state index contributed by atoms with van der Waals surface area (Å²) in [7, 11) is 0. The number of rotatable bonds is 3. The molecule has 1 heteroatoms. The van der Waals surface area contributed by atoms with Crippen LogP contribution in [0.3, 0.4) is 0 Å². The molecule has 88 valence electrons. The van der Waals surface area contributed by atoms with Crippen molar-refractivity contribution in [1.82, 2.24) is 0 Å². The van der Waals surface area contributed by atoms with Crippen molar-refractivity contribution in [2.24, 2.45) is 5.92 Å². The highest BCUT2D eigenvalue weighted by Crippen LogP contribution is 2.45. The SMILES string of the molecule is CCCC1(C(C)C)CNc2ccc(C)cc21. The van der Waals surface area contributed by atoms with Gasteiger partial charge in [0.1, 0.15) is 0 Å². The maximum atomic E-state index is 3.58. The Bertz CT molecular complexity index is 377. The summed E-state index contributed by atoms with van der Waals surface area (Å²) in [6.45, 7) is 10.3. The maximum Gasteiger partial charge on any atom is 0.0379 e. The lowest BCUT2D eigenvalue weighted by molar-refractivity contribution is 0.310. The average molecular weight is 217 g/mol. The molecule has 0 spiro atoms. The van der Waals surface area contributed by atoms with E-state index in [1.54, 1.807) is 5.56 Å². The second-order valence-corrected chi connectivity index (χ2v) is 5.46. The van der Waals surface area contributed by atoms with Crippen LogP contribution in [0.15, 0.2) is 18.2 Å². The van der Waals surface area contributed by atoms with Gasteiger partial charge in [-0.05, 0) is 30.9 Å². The van der Waals surface area contributed by atoms with Gasteiger partial charge in [-0.3, -0.25) is 0 Å². The molecule has 0 fully saturated rings. The zero-order valence-corrected chi connectivity index (χ0v) is 10.9. The molecule has 1 unspecified atom stereocenters. The summed E-state index contributed by atoms with van der Waals surface area (Å²) in [6.07, 6.45) is 2.54. The first-order chi connectivity index (χ1) is 7.60. The summed E-state index contributed by atoms with van der Waals surface area (Å²) in [4.78, 5) is 0. The second kappa shape index (κ2) is 4.12. The monoisotopic (exact) mass is 217 g/mol. The minimum Gasteiger partial charge on any atom is -0.384 e. The van der Waals surface area contributed by atoms with Crippen LogP contribution in [0.1, 0.15) is 44.7 Å². The molecule has 1 aromatic rings. The number of fused-ring (bicyclic) bond motifs is 1. The van der Waals surface area contributed by atoms with Gasteiger partial charge in [0.2, 0.25) is 0 Å². The first kappa shape index (κ1) is 11.5. The Labute approximate surface area is 99.3 Å². The molecular weight excluding hydrogens is 194 g/mol. The highest BCUT2D eigenvalue weighted by molar-refractivity contribution is 5.61. The van der Waals surface area contributed by atoms with Gasteiger partial charge in [0.15, 0.2) is 0 Å². The second-order valence-electron chi connectivity index (χ2n) is 5.46. The van der Waals surface area contributed by atoms with Crippen molar-refractivity contribution in [1.29, 1.82) is 0 Å². The quantitative estimate of drug-likeness (QED) is 0.803. The number of aryl methyl sites for hydroxylation is 1. The Morgan fingerprint density at radius 2 is 2.12 bits per heavy atom. The van der Waals surface area contributed by atoms with Crippen molar-refractivity contribution in [3.05, 3.63) is 29.3 Å². The van der Waals surface area contributed by atoms with Crippen LogP contribution in [-0.2, 0) is 5.41 Å². The number of benzene rings is 1. The van der Waals surface area contributed by atoms with Crippen molar-refractivity contribution < 1.29 is 0 Å². The molecule has 16 heavy (non-hydrogen) atoms. The third kappa shape index (κ3) is 1.63. The van der Waals surface area contributed by atoms with E-state index in [1.807, 2.05) is 0 Å². The topological polar surface area (TPSA) is 12.0 Å². The molecule has 1 nitrogen and oxygen atoms in total. The van der Waals surface area contributed by atoms with E-state index in [0.29, 0.717) is 11.3 Å². The molecule has 0 radical (unpaired) electrons. The van der Waals surface area contributed by atoms with Crippen LogP contribution in [0.2, 0.25) is 0 Å². The lowest BCUT2D eigenvalue weighted by Gasteiger charge is -2.33. The molecule has 0 aromatic heterocycles. The van der Waals surface area contributed by atoms with Crippen LogP contribution in [0.25, 0.3) is 0 Å². The molecule has 1 N–H and O–H groups in total. The molecular formula is C15H23N. The summed E-state index contributed by atoms with van der Waals surface area (Å²) >= 11 is 0. The van der Waals surface area contributed by atoms with Crippen LogP contribution in [0, 0.1) is 12.8 Å². The van der Waals surface area contributed by atoms with Gasteiger partial charge in [-0.25, -0.2) is 0 Å². The molecule has 0 saturated heterocycles. The van der Waals surface area contributed by atoms with E-state index >= 15 is 0 Å². The molecule has 1 heterocycles. The normalized spacial score (nSPS) is 23.3. The van der Waals surface area contributed by atoms with E-state index in [2.05, 4.69) is 51.2 Å². The first-order valence-electron chi connectivity index (χ1n) is 6.45. The number of hydrogen-bond donors (Lipinski definition) is 1. The first-order valence-corrected chi connectivity index (χ1v) is 6.45. The zero-order chi connectivity index (χ0) is 11.8. The fourth-order valence-electron chi connectivity index (χ4n) is 3.05. The largest absolute Gasteiger partial charge is 0.384 e. The summed E-state index contributed by atoms with van der Waals surface area (Å²) in [5.41, 5.74) is 4.64. The Hall–Kier alpha value is -0.980. The molecule has 1 aliphatic rings. The highest BCUT2D eigenvalue weighted by atomic mass is 14.9. The smallest absolute Gasteiger partial charge is 0.0379 e. The zero-order valence-electron chi connectivity index (χ0n) is 10.9. The van der Waals surface area contributed by atoms with E-state index in [9.17, 15) is 0 Å². The molecule has 0 saturated carbocycles. The van der Waals surface area contributed by atoms with Gasteiger partial charge < -0.3 is 5.32 Å². The predicted molar refractivity (Wildman–Crippen MR) is 71.1 cm³/mol. The minimum absolute atomic E-state index is 0.357. The number of anilines is 1. The van der Waals surface area contributed by atoms with Crippen LogP contribution in [0.4, 0.5) is 5.69 Å². The lowest BCUT2D eigenvalue weighted by Crippen LogP contribution is -2.34. The Kier molecular flexibility index (Phi) is 2.96. The fraction of sp³-hybridized carbons (Fsp3) is 0.600. The molecule has 1 aromatic carbocycles. The molecule has 0 bridgehead atoms. The van der Waals surface area contributed by atoms with E-state index in [4.69, 9.17) is 0 Å². The van der Waals surface area contributed by atoms with Gasteiger partial charge in [-0.1, -0.05) is 44.9 Å². The number of hydrogen-bond acceptors (Lipinski definition) is 1.